The molecule has 1 fully saturated rings. The molecule has 1 unspecified atom stereocenters. The SMILES string of the molecule is C=C(O)c1cc(-c2cn([C@@H](C)c3ccccn3)c3cc(-c4c(C)noc4C)cnc23)ccc1C.COC(=O)c1cc(-c2cn([C@@H](C)c3ccccn3)c3cc(-c4c(C)noc4C)cnc23)ccc1C.Cc1noc(C)c1-c1cnc2c(-c3ccc(F)c(C(=O)O)c3)cn([C@@H](C)c3ccccn3)c2c1.Cc1noc(C)c1-c1cnc2c(I)cn(C(c3ccccn3)C3CCCC3)c2c1. The molecule has 19 aromatic rings. The van der Waals surface area contributed by atoms with Gasteiger partial charge in [-0.1, -0.05) is 94.6 Å². The number of methoxy groups -OCH3 is 1. The second-order valence-electron chi connectivity index (χ2n) is 33.4. The molecule has 0 bridgehead atoms. The van der Waals surface area contributed by atoms with Gasteiger partial charge in [0.05, 0.1) is 130 Å². The molecule has 1 saturated carbocycles. The first-order chi connectivity index (χ1) is 63.7. The van der Waals surface area contributed by atoms with Gasteiger partial charge < -0.3 is 51.3 Å². The number of aliphatic hydroxyl groups excluding tert-OH is 1. The largest absolute Gasteiger partial charge is 0.508 e. The van der Waals surface area contributed by atoms with Crippen molar-refractivity contribution in [2.75, 3.05) is 7.11 Å². The Bertz CT molecular complexity index is 7240. The van der Waals surface area contributed by atoms with Gasteiger partial charge >= 0.3 is 11.9 Å². The summed E-state index contributed by atoms with van der Waals surface area (Å²) in [6, 6.07) is 48.3. The van der Waals surface area contributed by atoms with E-state index in [1.807, 2.05) is 215 Å². The Hall–Kier alpha value is -15.0. The molecular weight excluding hydrogens is 1780 g/mol. The standard InChI is InChI=1S/C28H26N4O3.C28H26N4O2.C26H21FN4O3.C23H23IN4O/c1-16-9-10-20(12-22(16)28(33)34-5)23-15-32(18(3)24-8-6-7-11-29-24)25-13-21(14-30-27(23)25)26-17(2)31-35-19(26)4;1-16-9-10-21(12-23(16)19(4)33)24-15-32(18(3)25-8-6-7-11-29-25)26-13-22(14-30-28(24)26)27-17(2)31-34-20(27)5;1-14-24(16(3)34-30-14)18-11-23-25(29-12-18)20(17-7-8-21(27)19(10-17)26(32)33)13-31(23)15(2)22-6-4-5-9-28-22;1-14-21(15(2)29-27-14)17-11-20-22(26-12-17)18(24)13-28(20)23(16-7-3-4-8-16)19-9-5-6-10-25-19/h6-15,18H,1-5H3;6-15,18,33H,4H2,1-3,5H3;4-13,15H,1-3H3,(H,32,33);5-6,9-13,16,23H,3-4,7-8H2,1-2H3/t2*18-;15-;/m000./s1. The van der Waals surface area contributed by atoms with Crippen LogP contribution in [0, 0.1) is 84.5 Å². The number of benzene rings is 3. The van der Waals surface area contributed by atoms with Crippen LogP contribution < -0.4 is 0 Å². The number of fused-ring (bicyclic) bond motifs is 4. The lowest BCUT2D eigenvalue weighted by Crippen LogP contribution is -2.19. The van der Waals surface area contributed by atoms with Crippen LogP contribution in [0.25, 0.3) is 128 Å². The summed E-state index contributed by atoms with van der Waals surface area (Å²) in [6.07, 6.45) is 28.1. The van der Waals surface area contributed by atoms with E-state index >= 15 is 0 Å². The molecule has 1 aliphatic carbocycles. The zero-order valence-electron chi connectivity index (χ0n) is 75.4. The number of aromatic nitrogens is 16. The molecule has 0 saturated heterocycles. The van der Waals surface area contributed by atoms with Crippen LogP contribution in [0.5, 0.6) is 0 Å². The van der Waals surface area contributed by atoms with Crippen molar-refractivity contribution in [1.82, 2.24) is 78.8 Å². The van der Waals surface area contributed by atoms with Gasteiger partial charge in [0.15, 0.2) is 0 Å². The Morgan fingerprint density at radius 1 is 0.417 bits per heavy atom. The number of esters is 1. The summed E-state index contributed by atoms with van der Waals surface area (Å²) in [4.78, 5) is 61.6. The van der Waals surface area contributed by atoms with Crippen LogP contribution in [0.15, 0.2) is 251 Å². The Morgan fingerprint density at radius 2 is 0.750 bits per heavy atom. The minimum atomic E-state index is -1.32. The summed E-state index contributed by atoms with van der Waals surface area (Å²) in [7, 11) is 1.40. The Kier molecular flexibility index (Phi) is 25.3. The van der Waals surface area contributed by atoms with Gasteiger partial charge in [-0.05, 0) is 256 Å². The number of carboxylic acids is 1. The van der Waals surface area contributed by atoms with Crippen molar-refractivity contribution in [3.63, 3.8) is 0 Å². The molecule has 3 aromatic carbocycles. The fourth-order valence-corrected chi connectivity index (χ4v) is 18.9. The van der Waals surface area contributed by atoms with Crippen LogP contribution in [0.3, 0.4) is 0 Å². The number of halogens is 2. The lowest BCUT2D eigenvalue weighted by molar-refractivity contribution is 0.0598. The number of carbonyl (C=O) groups excluding carboxylic acids is 1. The third-order valence-corrected chi connectivity index (χ3v) is 25.8. The third kappa shape index (κ3) is 17.4. The highest BCUT2D eigenvalue weighted by Gasteiger charge is 2.33. The topological polar surface area (TPSA) is 311 Å². The molecule has 0 radical (unpaired) electrons. The predicted molar refractivity (Wildman–Crippen MR) is 516 cm³/mol. The maximum absolute atomic E-state index is 14.1. The van der Waals surface area contributed by atoms with E-state index in [1.165, 1.54) is 48.5 Å². The van der Waals surface area contributed by atoms with Gasteiger partial charge in [0, 0.05) is 141 Å². The van der Waals surface area contributed by atoms with Gasteiger partial charge in [-0.15, -0.1) is 0 Å². The number of carboxylic acid groups (broad SMARTS) is 1. The molecule has 16 heterocycles. The zero-order chi connectivity index (χ0) is 92.6. The van der Waals surface area contributed by atoms with E-state index in [0.29, 0.717) is 33.9 Å². The van der Waals surface area contributed by atoms with Gasteiger partial charge in [-0.2, -0.15) is 0 Å². The minimum Gasteiger partial charge on any atom is -0.508 e. The maximum Gasteiger partial charge on any atom is 0.338 e. The molecule has 2 N–H and O–H groups in total. The summed E-state index contributed by atoms with van der Waals surface area (Å²) < 4.78 is 50.6. The highest BCUT2D eigenvalue weighted by molar-refractivity contribution is 14.1. The van der Waals surface area contributed by atoms with Crippen molar-refractivity contribution in [3.8, 4) is 77.9 Å². The minimum absolute atomic E-state index is 0.0168. The fraction of sp³-hybridized carbons (Fsp3) is 0.219. The molecule has 4 atom stereocenters. The van der Waals surface area contributed by atoms with Crippen molar-refractivity contribution in [1.29, 1.82) is 0 Å². The smallest absolute Gasteiger partial charge is 0.338 e. The average molecular weight is 1870 g/mol. The number of rotatable bonds is 19. The van der Waals surface area contributed by atoms with E-state index in [4.69, 9.17) is 47.7 Å². The highest BCUT2D eigenvalue weighted by atomic mass is 127. The quantitative estimate of drug-likeness (QED) is 0.0431. The molecule has 16 aromatic heterocycles. The van der Waals surface area contributed by atoms with Gasteiger partial charge in [-0.25, -0.2) is 14.0 Å². The van der Waals surface area contributed by atoms with E-state index in [9.17, 15) is 24.2 Å². The molecule has 25 nitrogen and oxygen atoms in total. The van der Waals surface area contributed by atoms with Crippen LogP contribution in [0.4, 0.5) is 4.39 Å². The second kappa shape index (κ2) is 37.6. The van der Waals surface area contributed by atoms with Crippen LogP contribution >= 0.6 is 22.6 Å². The first-order valence-electron chi connectivity index (χ1n) is 43.5. The molecule has 664 valence electrons. The first-order valence-corrected chi connectivity index (χ1v) is 44.6. The zero-order valence-corrected chi connectivity index (χ0v) is 77.6. The van der Waals surface area contributed by atoms with Crippen LogP contribution in [-0.4, -0.2) is 108 Å². The number of aryl methyl sites for hydroxylation is 10. The monoisotopic (exact) mass is 1870 g/mol. The summed E-state index contributed by atoms with van der Waals surface area (Å²) in [5, 5.41) is 35.9. The van der Waals surface area contributed by atoms with Crippen LogP contribution in [0.2, 0.25) is 0 Å². The Morgan fingerprint density at radius 3 is 1.08 bits per heavy atom. The van der Waals surface area contributed by atoms with E-state index in [-0.39, 0.29) is 41.5 Å². The fourth-order valence-electron chi connectivity index (χ4n) is 18.2. The number of aromatic carboxylic acids is 1. The predicted octanol–water partition coefficient (Wildman–Crippen LogP) is 24.8. The van der Waals surface area contributed by atoms with Crippen molar-refractivity contribution in [2.45, 2.75) is 140 Å². The molecule has 0 aliphatic heterocycles. The van der Waals surface area contributed by atoms with Crippen molar-refractivity contribution in [2.24, 2.45) is 5.92 Å². The molecule has 132 heavy (non-hydrogen) atoms. The molecule has 0 spiro atoms. The molecule has 0 amide bonds. The van der Waals surface area contributed by atoms with Crippen molar-refractivity contribution in [3.05, 3.63) is 338 Å². The number of aliphatic hydroxyl groups is 1. The molecule has 20 rings (SSSR count). The van der Waals surface area contributed by atoms with Gasteiger partial charge in [-0.3, -0.25) is 39.9 Å². The highest BCUT2D eigenvalue weighted by Crippen LogP contribution is 2.45. The number of hydrogen-bond acceptors (Lipinski definition) is 20. The molecule has 1 aliphatic rings. The third-order valence-electron chi connectivity index (χ3n) is 25.0. The maximum atomic E-state index is 14.1. The van der Waals surface area contributed by atoms with Crippen molar-refractivity contribution >= 4 is 84.4 Å². The first kappa shape index (κ1) is 89.0. The number of carbonyl (C=O) groups is 2. The van der Waals surface area contributed by atoms with Gasteiger partial charge in [0.25, 0.3) is 0 Å². The van der Waals surface area contributed by atoms with E-state index in [2.05, 4.69) is 147 Å². The number of nitrogens with zero attached hydrogens (tertiary/aromatic N) is 16. The van der Waals surface area contributed by atoms with Gasteiger partial charge in [0.2, 0.25) is 0 Å². The second-order valence-corrected chi connectivity index (χ2v) is 34.6. The lowest BCUT2D eigenvalue weighted by Gasteiger charge is -2.26. The van der Waals surface area contributed by atoms with Crippen molar-refractivity contribution < 1.29 is 47.0 Å². The van der Waals surface area contributed by atoms with E-state index in [1.54, 1.807) is 24.7 Å². The molecule has 27 heteroatoms. The summed E-state index contributed by atoms with van der Waals surface area (Å²) in [5.74, 6) is 1.23. The van der Waals surface area contributed by atoms with E-state index in [0.717, 1.165) is 185 Å². The van der Waals surface area contributed by atoms with Crippen LogP contribution in [0.1, 0.15) is 177 Å². The Labute approximate surface area is 774 Å². The van der Waals surface area contributed by atoms with Gasteiger partial charge in [0.1, 0.15) is 40.1 Å². The summed E-state index contributed by atoms with van der Waals surface area (Å²) >= 11 is 2.40. The van der Waals surface area contributed by atoms with Crippen LogP contribution in [-0.2, 0) is 4.74 Å². The molecular formula is C105H96FIN16O9. The number of pyridine rings is 8. The normalized spacial score (nSPS) is 13.0. The summed E-state index contributed by atoms with van der Waals surface area (Å²) in [6.45, 7) is 29.2. The Balaban J connectivity index is 0.000000123. The lowest BCUT2D eigenvalue weighted by atomic mass is 9.94. The number of ether oxygens (including phenoxy) is 1. The number of hydrogen-bond donors (Lipinski definition) is 2. The average Bonchev–Trinajstić information content (AvgIpc) is 1.62. The summed E-state index contributed by atoms with van der Waals surface area (Å²) in [5.41, 5.74) is 29.9. The van der Waals surface area contributed by atoms with E-state index < -0.39 is 11.8 Å².